The number of hydrogen-bond acceptors (Lipinski definition) is 4. The van der Waals surface area contributed by atoms with E-state index < -0.39 is 22.1 Å². The van der Waals surface area contributed by atoms with Gasteiger partial charge >= 0.3 is 11.7 Å². The van der Waals surface area contributed by atoms with Crippen LogP contribution in [0.2, 0.25) is 5.02 Å². The van der Waals surface area contributed by atoms with Crippen LogP contribution in [0.3, 0.4) is 0 Å². The van der Waals surface area contributed by atoms with Crippen LogP contribution in [0, 0.1) is 0 Å². The minimum Gasteiger partial charge on any atom is -0.479 e. The number of halogens is 2. The Labute approximate surface area is 156 Å². The SMILES string of the molecule is O=C(O)C(Cl)(c1ccc(Cl)cc1)c1ccc(-n2ncc(=O)[nH]c2=O)cc1. The summed E-state index contributed by atoms with van der Waals surface area (Å²) in [5.74, 6) is -1.26. The second kappa shape index (κ2) is 6.78. The second-order valence-corrected chi connectivity index (χ2v) is 6.37. The molecule has 3 aromatic rings. The maximum absolute atomic E-state index is 11.9. The quantitative estimate of drug-likeness (QED) is 0.662. The number of carboxylic acids is 1. The van der Waals surface area contributed by atoms with Gasteiger partial charge in [0, 0.05) is 5.02 Å². The molecule has 0 saturated carbocycles. The summed E-state index contributed by atoms with van der Waals surface area (Å²) in [6.07, 6.45) is 0.964. The Morgan fingerprint density at radius 2 is 1.58 bits per heavy atom. The van der Waals surface area contributed by atoms with Gasteiger partial charge in [0.15, 0.2) is 4.87 Å². The van der Waals surface area contributed by atoms with Gasteiger partial charge in [-0.2, -0.15) is 9.78 Å². The fraction of sp³-hybridized carbons (Fsp3) is 0.0588. The molecule has 0 fully saturated rings. The largest absolute Gasteiger partial charge is 0.479 e. The summed E-state index contributed by atoms with van der Waals surface area (Å²) in [5, 5.41) is 13.9. The lowest BCUT2D eigenvalue weighted by Crippen LogP contribution is -2.32. The molecule has 1 atom stereocenters. The number of alkyl halides is 1. The fourth-order valence-electron chi connectivity index (χ4n) is 2.46. The number of aliphatic carboxylic acids is 1. The van der Waals surface area contributed by atoms with Gasteiger partial charge in [-0.15, -0.1) is 0 Å². The molecular formula is C17H11Cl2N3O4. The number of rotatable bonds is 4. The Hall–Kier alpha value is -2.90. The topological polar surface area (TPSA) is 105 Å². The first-order chi connectivity index (χ1) is 12.3. The first-order valence-corrected chi connectivity index (χ1v) is 8.06. The Morgan fingerprint density at radius 1 is 1.04 bits per heavy atom. The van der Waals surface area contributed by atoms with Crippen molar-refractivity contribution in [3.8, 4) is 5.69 Å². The molecule has 1 unspecified atom stereocenters. The van der Waals surface area contributed by atoms with Gasteiger partial charge in [-0.05, 0) is 35.4 Å². The van der Waals surface area contributed by atoms with Gasteiger partial charge in [-0.1, -0.05) is 47.5 Å². The van der Waals surface area contributed by atoms with Crippen LogP contribution in [0.5, 0.6) is 0 Å². The molecule has 0 bridgehead atoms. The van der Waals surface area contributed by atoms with Gasteiger partial charge in [0.1, 0.15) is 6.20 Å². The van der Waals surface area contributed by atoms with Crippen LogP contribution in [0.25, 0.3) is 5.69 Å². The zero-order chi connectivity index (χ0) is 18.9. The van der Waals surface area contributed by atoms with Gasteiger partial charge in [0.05, 0.1) is 5.69 Å². The molecule has 3 rings (SSSR count). The van der Waals surface area contributed by atoms with Gasteiger partial charge in [-0.3, -0.25) is 9.78 Å². The van der Waals surface area contributed by atoms with Crippen LogP contribution in [-0.4, -0.2) is 25.8 Å². The van der Waals surface area contributed by atoms with Crippen molar-refractivity contribution in [3.05, 3.63) is 91.7 Å². The summed E-state index contributed by atoms with van der Waals surface area (Å²) in [6.45, 7) is 0. The third-order valence-electron chi connectivity index (χ3n) is 3.76. The zero-order valence-corrected chi connectivity index (χ0v) is 14.5. The Kier molecular flexibility index (Phi) is 4.67. The van der Waals surface area contributed by atoms with Crippen molar-refractivity contribution in [1.82, 2.24) is 14.8 Å². The summed E-state index contributed by atoms with van der Waals surface area (Å²) < 4.78 is 0.976. The van der Waals surface area contributed by atoms with Crippen LogP contribution < -0.4 is 11.2 Å². The molecule has 1 aromatic heterocycles. The van der Waals surface area contributed by atoms with Crippen LogP contribution in [0.15, 0.2) is 64.3 Å². The normalized spacial score (nSPS) is 13.2. The predicted molar refractivity (Wildman–Crippen MR) is 96.2 cm³/mol. The number of hydrogen-bond donors (Lipinski definition) is 2. The average Bonchev–Trinajstić information content (AvgIpc) is 2.62. The van der Waals surface area contributed by atoms with Crippen molar-refractivity contribution >= 4 is 29.2 Å². The number of aromatic nitrogens is 3. The third kappa shape index (κ3) is 3.14. The lowest BCUT2D eigenvalue weighted by atomic mass is 9.90. The fourth-order valence-corrected chi connectivity index (χ4v) is 2.84. The van der Waals surface area contributed by atoms with Crippen LogP contribution in [0.1, 0.15) is 11.1 Å². The third-order valence-corrected chi connectivity index (χ3v) is 4.61. The van der Waals surface area contributed by atoms with E-state index in [0.29, 0.717) is 16.3 Å². The molecule has 0 spiro atoms. The minimum absolute atomic E-state index is 0.287. The smallest absolute Gasteiger partial charge is 0.349 e. The van der Waals surface area contributed by atoms with Gasteiger partial charge in [0.2, 0.25) is 0 Å². The number of nitrogens with zero attached hydrogens (tertiary/aromatic N) is 2. The molecule has 0 aliphatic rings. The van der Waals surface area contributed by atoms with Crippen molar-refractivity contribution in [2.24, 2.45) is 0 Å². The Bertz CT molecular complexity index is 1070. The first kappa shape index (κ1) is 17.9. The summed E-state index contributed by atoms with van der Waals surface area (Å²) in [5.41, 5.74) is -0.358. The monoisotopic (exact) mass is 391 g/mol. The highest BCUT2D eigenvalue weighted by Gasteiger charge is 2.40. The van der Waals surface area contributed by atoms with E-state index in [1.807, 2.05) is 0 Å². The summed E-state index contributed by atoms with van der Waals surface area (Å²) >= 11 is 12.3. The van der Waals surface area contributed by atoms with Crippen molar-refractivity contribution in [3.63, 3.8) is 0 Å². The van der Waals surface area contributed by atoms with E-state index in [1.54, 1.807) is 12.1 Å². The lowest BCUT2D eigenvalue weighted by molar-refractivity contribution is -0.139. The summed E-state index contributed by atoms with van der Waals surface area (Å²) in [7, 11) is 0. The van der Waals surface area contributed by atoms with Gasteiger partial charge in [-0.25, -0.2) is 9.59 Å². The molecular weight excluding hydrogens is 381 g/mol. The van der Waals surface area contributed by atoms with Crippen LogP contribution >= 0.6 is 23.2 Å². The van der Waals surface area contributed by atoms with E-state index in [-0.39, 0.29) is 5.56 Å². The number of carbonyl (C=O) groups is 1. The standard InChI is InChI=1S/C17H11Cl2N3O4/c18-12-5-1-10(2-6-12)17(19,15(24)25)11-3-7-13(8-4-11)22-16(26)21-14(23)9-20-22/h1-9H,(H,24,25)(H,21,23,26). The molecule has 0 aliphatic carbocycles. The summed E-state index contributed by atoms with van der Waals surface area (Å²) in [6, 6.07) is 12.1. The molecule has 9 heteroatoms. The predicted octanol–water partition coefficient (Wildman–Crippen LogP) is 2.14. The number of nitrogens with one attached hydrogen (secondary N) is 1. The van der Waals surface area contributed by atoms with Crippen LogP contribution in [-0.2, 0) is 9.67 Å². The zero-order valence-electron chi connectivity index (χ0n) is 13.0. The molecule has 132 valence electrons. The highest BCUT2D eigenvalue weighted by molar-refractivity contribution is 6.36. The van der Waals surface area contributed by atoms with Crippen molar-refractivity contribution in [1.29, 1.82) is 0 Å². The highest BCUT2D eigenvalue weighted by atomic mass is 35.5. The average molecular weight is 392 g/mol. The van der Waals surface area contributed by atoms with E-state index >= 15 is 0 Å². The van der Waals surface area contributed by atoms with E-state index in [0.717, 1.165) is 10.9 Å². The van der Waals surface area contributed by atoms with E-state index in [1.165, 1.54) is 36.4 Å². The second-order valence-electron chi connectivity index (χ2n) is 5.37. The molecule has 0 radical (unpaired) electrons. The van der Waals surface area contributed by atoms with Crippen molar-refractivity contribution in [2.45, 2.75) is 4.87 Å². The molecule has 1 heterocycles. The van der Waals surface area contributed by atoms with E-state index in [2.05, 4.69) is 10.1 Å². The minimum atomic E-state index is -1.83. The van der Waals surface area contributed by atoms with Gasteiger partial charge in [0.25, 0.3) is 5.56 Å². The van der Waals surface area contributed by atoms with E-state index in [4.69, 9.17) is 23.2 Å². The van der Waals surface area contributed by atoms with Gasteiger partial charge < -0.3 is 5.11 Å². The summed E-state index contributed by atoms with van der Waals surface area (Å²) in [4.78, 5) is 35.0. The maximum Gasteiger partial charge on any atom is 0.349 e. The molecule has 0 aliphatic heterocycles. The molecule has 2 aromatic carbocycles. The van der Waals surface area contributed by atoms with Crippen molar-refractivity contribution < 1.29 is 9.90 Å². The molecule has 26 heavy (non-hydrogen) atoms. The lowest BCUT2D eigenvalue weighted by Gasteiger charge is -2.23. The molecule has 2 N–H and O–H groups in total. The molecule has 0 amide bonds. The van der Waals surface area contributed by atoms with E-state index in [9.17, 15) is 19.5 Å². The maximum atomic E-state index is 11.9. The number of H-pyrrole nitrogens is 1. The Balaban J connectivity index is 2.07. The number of carboxylic acid groups (broad SMARTS) is 1. The number of aromatic amines is 1. The van der Waals surface area contributed by atoms with Crippen molar-refractivity contribution in [2.75, 3.05) is 0 Å². The molecule has 0 saturated heterocycles. The Morgan fingerprint density at radius 3 is 2.08 bits per heavy atom. The molecule has 7 nitrogen and oxygen atoms in total. The van der Waals surface area contributed by atoms with Crippen LogP contribution in [0.4, 0.5) is 0 Å². The first-order valence-electron chi connectivity index (χ1n) is 7.30. The highest BCUT2D eigenvalue weighted by Crippen LogP contribution is 2.37. The number of benzene rings is 2.